The summed E-state index contributed by atoms with van der Waals surface area (Å²) in [6.07, 6.45) is 0. The number of alkyl halides is 1. The third kappa shape index (κ3) is 3.79. The minimum absolute atomic E-state index is 0.0432. The molecule has 1 atom stereocenters. The first-order chi connectivity index (χ1) is 10.2. The second-order valence-corrected chi connectivity index (χ2v) is 5.72. The van der Waals surface area contributed by atoms with Crippen LogP contribution in [0.2, 0.25) is 0 Å². The largest absolute Gasteiger partial charge is 0.494 e. The SMILES string of the molecule is CCOc1ccccc1C(Br)c1cc(C)ccc1OCC. The highest BCUT2D eigenvalue weighted by molar-refractivity contribution is 9.09. The fourth-order valence-corrected chi connectivity index (χ4v) is 3.03. The van der Waals surface area contributed by atoms with E-state index in [1.165, 1.54) is 5.56 Å². The molecule has 0 aliphatic rings. The molecule has 0 fully saturated rings. The van der Waals surface area contributed by atoms with Gasteiger partial charge in [0.15, 0.2) is 0 Å². The summed E-state index contributed by atoms with van der Waals surface area (Å²) in [5.74, 6) is 1.82. The van der Waals surface area contributed by atoms with Crippen molar-refractivity contribution < 1.29 is 9.47 Å². The summed E-state index contributed by atoms with van der Waals surface area (Å²) in [6, 6.07) is 14.4. The van der Waals surface area contributed by atoms with Crippen LogP contribution in [0, 0.1) is 6.92 Å². The molecule has 3 heteroatoms. The lowest BCUT2D eigenvalue weighted by molar-refractivity contribution is 0.333. The summed E-state index contributed by atoms with van der Waals surface area (Å²) >= 11 is 3.81. The second kappa shape index (κ2) is 7.51. The molecular formula is C18H21BrO2. The summed E-state index contributed by atoms with van der Waals surface area (Å²) in [6.45, 7) is 7.40. The number of hydrogen-bond acceptors (Lipinski definition) is 2. The van der Waals surface area contributed by atoms with E-state index in [4.69, 9.17) is 9.47 Å². The van der Waals surface area contributed by atoms with Crippen molar-refractivity contribution in [3.8, 4) is 11.5 Å². The Morgan fingerprint density at radius 3 is 2.19 bits per heavy atom. The van der Waals surface area contributed by atoms with Crippen LogP contribution in [0.25, 0.3) is 0 Å². The number of para-hydroxylation sites is 1. The van der Waals surface area contributed by atoms with Gasteiger partial charge in [0.1, 0.15) is 11.5 Å². The molecule has 2 rings (SSSR count). The van der Waals surface area contributed by atoms with Crippen LogP contribution in [0.1, 0.15) is 35.4 Å². The minimum Gasteiger partial charge on any atom is -0.494 e. The first-order valence-corrected chi connectivity index (χ1v) is 8.18. The number of hydrogen-bond donors (Lipinski definition) is 0. The van der Waals surface area contributed by atoms with E-state index in [2.05, 4.69) is 41.1 Å². The van der Waals surface area contributed by atoms with Gasteiger partial charge >= 0.3 is 0 Å². The Morgan fingerprint density at radius 1 is 0.905 bits per heavy atom. The van der Waals surface area contributed by atoms with E-state index in [0.717, 1.165) is 22.6 Å². The van der Waals surface area contributed by atoms with Crippen LogP contribution in [0.3, 0.4) is 0 Å². The van der Waals surface area contributed by atoms with E-state index in [1.54, 1.807) is 0 Å². The van der Waals surface area contributed by atoms with Crippen molar-refractivity contribution in [3.63, 3.8) is 0 Å². The summed E-state index contributed by atoms with van der Waals surface area (Å²) in [5.41, 5.74) is 3.46. The summed E-state index contributed by atoms with van der Waals surface area (Å²) in [7, 11) is 0. The molecular weight excluding hydrogens is 328 g/mol. The van der Waals surface area contributed by atoms with Crippen molar-refractivity contribution in [1.82, 2.24) is 0 Å². The second-order valence-electron chi connectivity index (χ2n) is 4.81. The van der Waals surface area contributed by atoms with Crippen LogP contribution in [-0.4, -0.2) is 13.2 Å². The highest BCUT2D eigenvalue weighted by atomic mass is 79.9. The third-order valence-electron chi connectivity index (χ3n) is 3.23. The van der Waals surface area contributed by atoms with Gasteiger partial charge in [0, 0.05) is 11.1 Å². The maximum atomic E-state index is 5.76. The molecule has 0 spiro atoms. The monoisotopic (exact) mass is 348 g/mol. The summed E-state index contributed by atoms with van der Waals surface area (Å²) in [4.78, 5) is 0.0432. The van der Waals surface area contributed by atoms with Crippen molar-refractivity contribution in [2.45, 2.75) is 25.6 Å². The van der Waals surface area contributed by atoms with Crippen LogP contribution in [0.5, 0.6) is 11.5 Å². The Labute approximate surface area is 135 Å². The van der Waals surface area contributed by atoms with Gasteiger partial charge in [0.2, 0.25) is 0 Å². The van der Waals surface area contributed by atoms with E-state index < -0.39 is 0 Å². The van der Waals surface area contributed by atoms with Gasteiger partial charge in [-0.1, -0.05) is 51.8 Å². The smallest absolute Gasteiger partial charge is 0.123 e. The Morgan fingerprint density at radius 2 is 1.52 bits per heavy atom. The molecule has 112 valence electrons. The molecule has 0 radical (unpaired) electrons. The maximum Gasteiger partial charge on any atom is 0.123 e. The van der Waals surface area contributed by atoms with Gasteiger partial charge < -0.3 is 9.47 Å². The van der Waals surface area contributed by atoms with Crippen LogP contribution in [0.15, 0.2) is 42.5 Å². The Bertz CT molecular complexity index is 596. The molecule has 1 unspecified atom stereocenters. The lowest BCUT2D eigenvalue weighted by Crippen LogP contribution is -2.03. The van der Waals surface area contributed by atoms with Gasteiger partial charge in [-0.3, -0.25) is 0 Å². The van der Waals surface area contributed by atoms with E-state index in [-0.39, 0.29) is 4.83 Å². The van der Waals surface area contributed by atoms with Crippen LogP contribution in [-0.2, 0) is 0 Å². The molecule has 2 aromatic rings. The van der Waals surface area contributed by atoms with E-state index in [9.17, 15) is 0 Å². The van der Waals surface area contributed by atoms with Crippen LogP contribution in [0.4, 0.5) is 0 Å². The lowest BCUT2D eigenvalue weighted by Gasteiger charge is -2.19. The number of aryl methyl sites for hydroxylation is 1. The molecule has 0 aromatic heterocycles. The average Bonchev–Trinajstić information content (AvgIpc) is 2.49. The van der Waals surface area contributed by atoms with Gasteiger partial charge in [-0.05, 0) is 32.9 Å². The lowest BCUT2D eigenvalue weighted by atomic mass is 10.0. The molecule has 0 heterocycles. The highest BCUT2D eigenvalue weighted by Crippen LogP contribution is 2.40. The predicted octanol–water partition coefficient (Wildman–Crippen LogP) is 5.28. The molecule has 2 nitrogen and oxygen atoms in total. The highest BCUT2D eigenvalue weighted by Gasteiger charge is 2.19. The number of ether oxygens (including phenoxy) is 2. The fourth-order valence-electron chi connectivity index (χ4n) is 2.30. The maximum absolute atomic E-state index is 5.76. The summed E-state index contributed by atoms with van der Waals surface area (Å²) in [5, 5.41) is 0. The zero-order valence-electron chi connectivity index (χ0n) is 12.7. The molecule has 2 aromatic carbocycles. The Hall–Kier alpha value is -1.48. The molecule has 0 bridgehead atoms. The van der Waals surface area contributed by atoms with Crippen molar-refractivity contribution in [2.24, 2.45) is 0 Å². The van der Waals surface area contributed by atoms with Crippen molar-refractivity contribution >= 4 is 15.9 Å². The number of halogens is 1. The van der Waals surface area contributed by atoms with Gasteiger partial charge in [-0.2, -0.15) is 0 Å². The van der Waals surface area contributed by atoms with E-state index in [1.807, 2.05) is 38.1 Å². The quantitative estimate of drug-likeness (QED) is 0.661. The van der Waals surface area contributed by atoms with E-state index >= 15 is 0 Å². The first-order valence-electron chi connectivity index (χ1n) is 7.26. The predicted molar refractivity (Wildman–Crippen MR) is 90.7 cm³/mol. The Kier molecular flexibility index (Phi) is 5.68. The van der Waals surface area contributed by atoms with E-state index in [0.29, 0.717) is 13.2 Å². The summed E-state index contributed by atoms with van der Waals surface area (Å²) < 4.78 is 11.5. The standard InChI is InChI=1S/C18H21BrO2/c1-4-20-16-9-7-6-8-14(16)18(19)15-12-13(3)10-11-17(15)21-5-2/h6-12,18H,4-5H2,1-3H3. The zero-order chi connectivity index (χ0) is 15.2. The van der Waals surface area contributed by atoms with Crippen LogP contribution < -0.4 is 9.47 Å². The molecule has 0 saturated heterocycles. The van der Waals surface area contributed by atoms with Gasteiger partial charge in [-0.25, -0.2) is 0 Å². The fraction of sp³-hybridized carbons (Fsp3) is 0.333. The minimum atomic E-state index is 0.0432. The molecule has 0 amide bonds. The molecule has 21 heavy (non-hydrogen) atoms. The van der Waals surface area contributed by atoms with Gasteiger partial charge in [-0.15, -0.1) is 0 Å². The molecule has 0 aliphatic carbocycles. The van der Waals surface area contributed by atoms with Crippen LogP contribution >= 0.6 is 15.9 Å². The molecule has 0 saturated carbocycles. The zero-order valence-corrected chi connectivity index (χ0v) is 14.3. The van der Waals surface area contributed by atoms with Crippen molar-refractivity contribution in [3.05, 3.63) is 59.2 Å². The van der Waals surface area contributed by atoms with Gasteiger partial charge in [0.25, 0.3) is 0 Å². The number of benzene rings is 2. The molecule has 0 aliphatic heterocycles. The average molecular weight is 349 g/mol. The number of rotatable bonds is 6. The molecule has 0 N–H and O–H groups in total. The topological polar surface area (TPSA) is 18.5 Å². The third-order valence-corrected chi connectivity index (χ3v) is 4.22. The normalized spacial score (nSPS) is 12.0. The first kappa shape index (κ1) is 15.9. The van der Waals surface area contributed by atoms with Crippen molar-refractivity contribution in [1.29, 1.82) is 0 Å². The Balaban J connectivity index is 2.44. The van der Waals surface area contributed by atoms with Crippen molar-refractivity contribution in [2.75, 3.05) is 13.2 Å². The van der Waals surface area contributed by atoms with Gasteiger partial charge in [0.05, 0.1) is 18.0 Å².